The third kappa shape index (κ3) is 3.38. The largest absolute Gasteiger partial charge is 0.416 e. The third-order valence-corrected chi connectivity index (χ3v) is 5.24. The van der Waals surface area contributed by atoms with E-state index in [9.17, 15) is 18.0 Å². The van der Waals surface area contributed by atoms with Crippen molar-refractivity contribution in [2.24, 2.45) is 5.92 Å². The molecule has 2 fully saturated rings. The topological polar surface area (TPSA) is 20.3 Å². The molecule has 2 aliphatic rings. The predicted octanol–water partition coefficient (Wildman–Crippen LogP) is 4.60. The summed E-state index contributed by atoms with van der Waals surface area (Å²) in [6.45, 7) is 0. The second kappa shape index (κ2) is 6.17. The third-order valence-electron chi connectivity index (χ3n) is 5.24. The highest BCUT2D eigenvalue weighted by atomic mass is 19.4. The zero-order chi connectivity index (χ0) is 16.6. The average molecular weight is 325 g/mol. The lowest BCUT2D eigenvalue weighted by atomic mass is 9.94. The fourth-order valence-corrected chi connectivity index (χ4v) is 3.80. The van der Waals surface area contributed by atoms with E-state index in [0.717, 1.165) is 31.7 Å². The lowest BCUT2D eigenvalue weighted by molar-refractivity contribution is -0.139. The fourth-order valence-electron chi connectivity index (χ4n) is 3.80. The van der Waals surface area contributed by atoms with Crippen molar-refractivity contribution in [2.75, 3.05) is 7.05 Å². The summed E-state index contributed by atoms with van der Waals surface area (Å²) in [6.07, 6.45) is 1.67. The monoisotopic (exact) mass is 325 g/mol. The van der Waals surface area contributed by atoms with Gasteiger partial charge in [-0.15, -0.1) is 0 Å². The summed E-state index contributed by atoms with van der Waals surface area (Å²) in [5, 5.41) is 0. The van der Waals surface area contributed by atoms with Gasteiger partial charge in [0.2, 0.25) is 5.91 Å². The summed E-state index contributed by atoms with van der Waals surface area (Å²) in [4.78, 5) is 14.4. The van der Waals surface area contributed by atoms with Crippen LogP contribution >= 0.6 is 0 Å². The van der Waals surface area contributed by atoms with Crippen molar-refractivity contribution in [3.63, 3.8) is 0 Å². The van der Waals surface area contributed by atoms with Crippen LogP contribution in [-0.2, 0) is 11.0 Å². The maximum atomic E-state index is 13.1. The molecule has 0 saturated heterocycles. The SMILES string of the molecule is CN(C(=O)C1CC1c1ccccc1C(F)(F)F)C1CCCCC1. The quantitative estimate of drug-likeness (QED) is 0.795. The summed E-state index contributed by atoms with van der Waals surface area (Å²) in [7, 11) is 1.81. The first kappa shape index (κ1) is 16.3. The molecule has 0 spiro atoms. The Kier molecular flexibility index (Phi) is 4.39. The number of benzene rings is 1. The Morgan fingerprint density at radius 2 is 1.78 bits per heavy atom. The van der Waals surface area contributed by atoms with Crippen LogP contribution in [0.15, 0.2) is 24.3 Å². The van der Waals surface area contributed by atoms with Gasteiger partial charge in [-0.05, 0) is 36.8 Å². The Hall–Kier alpha value is -1.52. The standard InChI is InChI=1S/C18H22F3NO/c1-22(12-7-3-2-4-8-12)17(23)15-11-14(15)13-9-5-6-10-16(13)18(19,20)21/h5-6,9-10,12,14-15H,2-4,7-8,11H2,1H3. The van der Waals surface area contributed by atoms with Gasteiger partial charge in [-0.25, -0.2) is 0 Å². The van der Waals surface area contributed by atoms with Gasteiger partial charge in [-0.1, -0.05) is 37.5 Å². The Labute approximate surface area is 134 Å². The molecule has 0 heterocycles. The lowest BCUT2D eigenvalue weighted by Gasteiger charge is -2.31. The van der Waals surface area contributed by atoms with Crippen LogP contribution in [0.5, 0.6) is 0 Å². The van der Waals surface area contributed by atoms with Crippen molar-refractivity contribution in [3.8, 4) is 0 Å². The van der Waals surface area contributed by atoms with Gasteiger partial charge in [-0.2, -0.15) is 13.2 Å². The number of hydrogen-bond acceptors (Lipinski definition) is 1. The smallest absolute Gasteiger partial charge is 0.343 e. The second-order valence-corrected chi connectivity index (χ2v) is 6.77. The van der Waals surface area contributed by atoms with E-state index < -0.39 is 11.7 Å². The minimum atomic E-state index is -4.36. The van der Waals surface area contributed by atoms with Crippen LogP contribution in [0.3, 0.4) is 0 Å². The van der Waals surface area contributed by atoms with Crippen LogP contribution in [0.25, 0.3) is 0 Å². The number of nitrogens with zero attached hydrogens (tertiary/aromatic N) is 1. The molecule has 0 aliphatic heterocycles. The summed E-state index contributed by atoms with van der Waals surface area (Å²) in [5.74, 6) is -0.560. The molecule has 0 N–H and O–H groups in total. The molecule has 2 saturated carbocycles. The molecule has 1 aromatic carbocycles. The molecule has 126 valence electrons. The molecule has 1 amide bonds. The number of hydrogen-bond donors (Lipinski definition) is 0. The van der Waals surface area contributed by atoms with Crippen LogP contribution in [0.4, 0.5) is 13.2 Å². The zero-order valence-electron chi connectivity index (χ0n) is 13.3. The number of amides is 1. The first-order valence-corrected chi connectivity index (χ1v) is 8.32. The predicted molar refractivity (Wildman–Crippen MR) is 81.9 cm³/mol. The Bertz CT molecular complexity index is 578. The molecular weight excluding hydrogens is 303 g/mol. The van der Waals surface area contributed by atoms with E-state index in [2.05, 4.69) is 0 Å². The van der Waals surface area contributed by atoms with Crippen LogP contribution in [0.1, 0.15) is 55.6 Å². The summed E-state index contributed by atoms with van der Waals surface area (Å²) in [6, 6.07) is 5.91. The second-order valence-electron chi connectivity index (χ2n) is 6.77. The van der Waals surface area contributed by atoms with E-state index in [1.54, 1.807) is 11.0 Å². The van der Waals surface area contributed by atoms with Gasteiger partial charge in [0.15, 0.2) is 0 Å². The zero-order valence-corrected chi connectivity index (χ0v) is 13.3. The van der Waals surface area contributed by atoms with Gasteiger partial charge < -0.3 is 4.90 Å². The number of halogens is 3. The molecule has 0 bridgehead atoms. The van der Waals surface area contributed by atoms with Crippen LogP contribution in [0, 0.1) is 5.92 Å². The van der Waals surface area contributed by atoms with Crippen molar-refractivity contribution in [1.82, 2.24) is 4.90 Å². The molecule has 2 unspecified atom stereocenters. The maximum Gasteiger partial charge on any atom is 0.416 e. The van der Waals surface area contributed by atoms with Crippen LogP contribution < -0.4 is 0 Å². The average Bonchev–Trinajstić information content (AvgIpc) is 3.34. The first-order valence-electron chi connectivity index (χ1n) is 8.32. The molecule has 3 rings (SSSR count). The van der Waals surface area contributed by atoms with E-state index in [1.807, 2.05) is 7.05 Å². The highest BCUT2D eigenvalue weighted by molar-refractivity contribution is 5.83. The first-order chi connectivity index (χ1) is 10.9. The molecule has 2 nitrogen and oxygen atoms in total. The van der Waals surface area contributed by atoms with Crippen molar-refractivity contribution in [2.45, 2.75) is 56.7 Å². The van der Waals surface area contributed by atoms with Gasteiger partial charge in [0.05, 0.1) is 5.56 Å². The van der Waals surface area contributed by atoms with Crippen molar-refractivity contribution in [1.29, 1.82) is 0 Å². The van der Waals surface area contributed by atoms with Crippen LogP contribution in [-0.4, -0.2) is 23.9 Å². The molecule has 0 aromatic heterocycles. The van der Waals surface area contributed by atoms with E-state index in [-0.39, 0.29) is 29.3 Å². The summed E-state index contributed by atoms with van der Waals surface area (Å²) >= 11 is 0. The highest BCUT2D eigenvalue weighted by Gasteiger charge is 2.49. The molecule has 2 atom stereocenters. The Balaban J connectivity index is 1.71. The minimum Gasteiger partial charge on any atom is -0.343 e. The molecule has 0 radical (unpaired) electrons. The molecule has 5 heteroatoms. The maximum absolute atomic E-state index is 13.1. The molecule has 1 aromatic rings. The van der Waals surface area contributed by atoms with Crippen LogP contribution in [0.2, 0.25) is 0 Å². The molecular formula is C18H22F3NO. The Morgan fingerprint density at radius 3 is 2.43 bits per heavy atom. The molecule has 23 heavy (non-hydrogen) atoms. The van der Waals surface area contributed by atoms with E-state index in [1.165, 1.54) is 18.6 Å². The summed E-state index contributed by atoms with van der Waals surface area (Å²) < 4.78 is 39.4. The van der Waals surface area contributed by atoms with Crippen molar-refractivity contribution >= 4 is 5.91 Å². The minimum absolute atomic E-state index is 0.0128. The summed E-state index contributed by atoms with van der Waals surface area (Å²) in [5.41, 5.74) is -0.323. The normalized spacial score (nSPS) is 25.2. The van der Waals surface area contributed by atoms with Gasteiger partial charge in [0.1, 0.15) is 0 Å². The number of alkyl halides is 3. The van der Waals surface area contributed by atoms with E-state index in [4.69, 9.17) is 0 Å². The van der Waals surface area contributed by atoms with E-state index in [0.29, 0.717) is 6.42 Å². The number of carbonyl (C=O) groups is 1. The van der Waals surface area contributed by atoms with Crippen molar-refractivity contribution < 1.29 is 18.0 Å². The Morgan fingerprint density at radius 1 is 1.13 bits per heavy atom. The van der Waals surface area contributed by atoms with E-state index >= 15 is 0 Å². The lowest BCUT2D eigenvalue weighted by Crippen LogP contribution is -2.39. The van der Waals surface area contributed by atoms with Gasteiger partial charge in [0.25, 0.3) is 0 Å². The highest BCUT2D eigenvalue weighted by Crippen LogP contribution is 2.52. The number of rotatable bonds is 3. The number of carbonyl (C=O) groups excluding carboxylic acids is 1. The fraction of sp³-hybridized carbons (Fsp3) is 0.611. The van der Waals surface area contributed by atoms with Gasteiger partial charge in [-0.3, -0.25) is 4.79 Å². The van der Waals surface area contributed by atoms with Gasteiger partial charge in [0, 0.05) is 19.0 Å². The molecule has 2 aliphatic carbocycles. The van der Waals surface area contributed by atoms with Gasteiger partial charge >= 0.3 is 6.18 Å². The van der Waals surface area contributed by atoms with Crippen molar-refractivity contribution in [3.05, 3.63) is 35.4 Å².